The van der Waals surface area contributed by atoms with Gasteiger partial charge in [0.2, 0.25) is 0 Å². The fraction of sp³-hybridized carbons (Fsp3) is 0.136. The Hall–Kier alpha value is -3.23. The average molecular weight is 480 g/mol. The maximum Gasteiger partial charge on any atom is 0.335 e. The highest BCUT2D eigenvalue weighted by Gasteiger charge is 2.28. The Balaban J connectivity index is 1.92. The Bertz CT molecular complexity index is 1210. The van der Waals surface area contributed by atoms with E-state index in [9.17, 15) is 18.4 Å². The summed E-state index contributed by atoms with van der Waals surface area (Å²) in [6, 6.07) is 10.4. The zero-order chi connectivity index (χ0) is 23.6. The molecule has 0 bridgehead atoms. The molecule has 0 aliphatic carbocycles. The molecular formula is C22H17Cl2F2N3O3. The predicted octanol–water partition coefficient (Wildman–Crippen LogP) is 5.35. The number of hydrogen-bond donors (Lipinski definition) is 2. The van der Waals surface area contributed by atoms with Gasteiger partial charge in [-0.05, 0) is 35.4 Å². The molecule has 0 aliphatic rings. The summed E-state index contributed by atoms with van der Waals surface area (Å²) in [5, 5.41) is 16.2. The molecule has 0 unspecified atom stereocenters. The van der Waals surface area contributed by atoms with Crippen LogP contribution in [0.1, 0.15) is 49.7 Å². The van der Waals surface area contributed by atoms with Crippen molar-refractivity contribution in [3.8, 4) is 0 Å². The number of alkyl halides is 2. The molecule has 1 heterocycles. The molecule has 0 fully saturated rings. The summed E-state index contributed by atoms with van der Waals surface area (Å²) in [7, 11) is 1.33. The number of amides is 1. The van der Waals surface area contributed by atoms with Gasteiger partial charge in [-0.2, -0.15) is 5.10 Å². The third-order valence-electron chi connectivity index (χ3n) is 4.70. The van der Waals surface area contributed by atoms with Crippen molar-refractivity contribution in [1.29, 1.82) is 0 Å². The molecule has 0 saturated carbocycles. The van der Waals surface area contributed by atoms with E-state index in [2.05, 4.69) is 17.0 Å². The number of nitrogens with zero attached hydrogens (tertiary/aromatic N) is 2. The van der Waals surface area contributed by atoms with Crippen LogP contribution >= 0.6 is 23.2 Å². The maximum absolute atomic E-state index is 13.7. The van der Waals surface area contributed by atoms with Gasteiger partial charge in [-0.3, -0.25) is 9.48 Å². The second kappa shape index (κ2) is 9.50. The first-order chi connectivity index (χ1) is 15.1. The first kappa shape index (κ1) is 23.4. The number of carbonyl (C=O) groups excluding carboxylic acids is 1. The number of aromatic nitrogens is 2. The lowest BCUT2D eigenvalue weighted by Crippen LogP contribution is -2.24. The molecule has 166 valence electrons. The molecular weight excluding hydrogens is 463 g/mol. The van der Waals surface area contributed by atoms with Crippen molar-refractivity contribution in [2.24, 2.45) is 7.05 Å². The van der Waals surface area contributed by atoms with Crippen LogP contribution in [0.3, 0.4) is 0 Å². The van der Waals surface area contributed by atoms with Crippen LogP contribution in [0.4, 0.5) is 8.78 Å². The number of nitrogens with one attached hydrogen (secondary N) is 1. The molecule has 1 aromatic heterocycles. The second-order valence-corrected chi connectivity index (χ2v) is 7.69. The van der Waals surface area contributed by atoms with Gasteiger partial charge in [0.1, 0.15) is 5.69 Å². The van der Waals surface area contributed by atoms with E-state index in [1.54, 1.807) is 18.2 Å². The second-order valence-electron chi connectivity index (χ2n) is 6.87. The van der Waals surface area contributed by atoms with E-state index < -0.39 is 24.0 Å². The average Bonchev–Trinajstić information content (AvgIpc) is 3.06. The number of rotatable bonds is 7. The molecule has 3 aromatic rings. The Morgan fingerprint density at radius 2 is 1.75 bits per heavy atom. The number of carbonyl (C=O) groups is 2. The van der Waals surface area contributed by atoms with E-state index in [4.69, 9.17) is 28.3 Å². The zero-order valence-electron chi connectivity index (χ0n) is 16.7. The van der Waals surface area contributed by atoms with Crippen molar-refractivity contribution < 1.29 is 23.5 Å². The predicted molar refractivity (Wildman–Crippen MR) is 117 cm³/mol. The summed E-state index contributed by atoms with van der Waals surface area (Å²) in [6.07, 6.45) is -2.88. The van der Waals surface area contributed by atoms with Crippen molar-refractivity contribution in [3.05, 3.63) is 92.7 Å². The standard InChI is InChI=1S/C22H17Cl2F2N3O3/c1-11(13-4-6-14(7-5-13)22(31)32)27-21(30)18-17(28-29(2)19(18)20(25)26)10-12-3-8-15(23)16(24)9-12/h3-9,20H,1,10H2,2H3,(H,27,30)(H,31,32). The van der Waals surface area contributed by atoms with Gasteiger partial charge < -0.3 is 10.4 Å². The first-order valence-corrected chi connectivity index (χ1v) is 9.96. The van der Waals surface area contributed by atoms with Crippen molar-refractivity contribution >= 4 is 40.8 Å². The van der Waals surface area contributed by atoms with Crippen LogP contribution in [0, 0.1) is 0 Å². The molecule has 32 heavy (non-hydrogen) atoms. The molecule has 0 saturated heterocycles. The molecule has 0 aliphatic heterocycles. The van der Waals surface area contributed by atoms with Gasteiger partial charge in [-0.25, -0.2) is 13.6 Å². The highest BCUT2D eigenvalue weighted by atomic mass is 35.5. The molecule has 6 nitrogen and oxygen atoms in total. The fourth-order valence-corrected chi connectivity index (χ4v) is 3.47. The van der Waals surface area contributed by atoms with E-state index in [0.29, 0.717) is 21.2 Å². The van der Waals surface area contributed by atoms with Gasteiger partial charge in [0.15, 0.2) is 0 Å². The summed E-state index contributed by atoms with van der Waals surface area (Å²) < 4.78 is 28.5. The molecule has 0 atom stereocenters. The van der Waals surface area contributed by atoms with Crippen LogP contribution in [0.15, 0.2) is 49.0 Å². The third kappa shape index (κ3) is 4.98. The number of halogens is 4. The number of aromatic carboxylic acids is 1. The van der Waals surface area contributed by atoms with Crippen molar-refractivity contribution in [2.45, 2.75) is 12.8 Å². The van der Waals surface area contributed by atoms with E-state index >= 15 is 0 Å². The van der Waals surface area contributed by atoms with Crippen LogP contribution < -0.4 is 5.32 Å². The van der Waals surface area contributed by atoms with E-state index in [1.807, 2.05) is 0 Å². The molecule has 0 spiro atoms. The van der Waals surface area contributed by atoms with Gasteiger partial charge >= 0.3 is 5.97 Å². The Kier molecular flexibility index (Phi) is 6.96. The van der Waals surface area contributed by atoms with Crippen molar-refractivity contribution in [3.63, 3.8) is 0 Å². The minimum absolute atomic E-state index is 0.0593. The number of aryl methyl sites for hydroxylation is 1. The van der Waals surface area contributed by atoms with Gasteiger partial charge in [0, 0.05) is 19.2 Å². The molecule has 2 aromatic carbocycles. The summed E-state index contributed by atoms with van der Waals surface area (Å²) in [5.41, 5.74) is 0.573. The van der Waals surface area contributed by atoms with E-state index in [-0.39, 0.29) is 28.9 Å². The molecule has 2 N–H and O–H groups in total. The normalized spacial score (nSPS) is 10.9. The van der Waals surface area contributed by atoms with Crippen LogP contribution in [0.25, 0.3) is 5.70 Å². The molecule has 3 rings (SSSR count). The number of hydrogen-bond acceptors (Lipinski definition) is 3. The summed E-state index contributed by atoms with van der Waals surface area (Å²) in [6.45, 7) is 3.76. The minimum Gasteiger partial charge on any atom is -0.478 e. The minimum atomic E-state index is -2.95. The van der Waals surface area contributed by atoms with E-state index in [0.717, 1.165) is 4.68 Å². The summed E-state index contributed by atoms with van der Waals surface area (Å²) >= 11 is 12.0. The quantitative estimate of drug-likeness (QED) is 0.477. The topological polar surface area (TPSA) is 84.2 Å². The van der Waals surface area contributed by atoms with Crippen molar-refractivity contribution in [1.82, 2.24) is 15.1 Å². The van der Waals surface area contributed by atoms with Crippen molar-refractivity contribution in [2.75, 3.05) is 0 Å². The van der Waals surface area contributed by atoms with Gasteiger partial charge in [-0.1, -0.05) is 48.0 Å². The first-order valence-electron chi connectivity index (χ1n) is 9.20. The Morgan fingerprint density at radius 1 is 1.12 bits per heavy atom. The van der Waals surface area contributed by atoms with Crippen LogP contribution in [-0.4, -0.2) is 26.8 Å². The number of benzene rings is 2. The van der Waals surface area contributed by atoms with Crippen LogP contribution in [-0.2, 0) is 13.5 Å². The maximum atomic E-state index is 13.7. The van der Waals surface area contributed by atoms with Crippen LogP contribution in [0.5, 0.6) is 0 Å². The van der Waals surface area contributed by atoms with Gasteiger partial charge in [-0.15, -0.1) is 0 Å². The van der Waals surface area contributed by atoms with E-state index in [1.165, 1.54) is 31.3 Å². The largest absolute Gasteiger partial charge is 0.478 e. The smallest absolute Gasteiger partial charge is 0.335 e. The highest BCUT2D eigenvalue weighted by Crippen LogP contribution is 2.29. The van der Waals surface area contributed by atoms with Gasteiger partial charge in [0.25, 0.3) is 12.3 Å². The van der Waals surface area contributed by atoms with Gasteiger partial charge in [0.05, 0.1) is 26.9 Å². The number of carboxylic acids is 1. The lowest BCUT2D eigenvalue weighted by Gasteiger charge is -2.11. The SMILES string of the molecule is C=C(NC(=O)c1c(Cc2ccc(Cl)c(Cl)c2)nn(C)c1C(F)F)c1ccc(C(=O)O)cc1. The summed E-state index contributed by atoms with van der Waals surface area (Å²) in [4.78, 5) is 24.0. The number of carboxylic acid groups (broad SMARTS) is 1. The Labute approximate surface area is 192 Å². The summed E-state index contributed by atoms with van der Waals surface area (Å²) in [5.74, 6) is -1.91. The lowest BCUT2D eigenvalue weighted by atomic mass is 10.0. The highest BCUT2D eigenvalue weighted by molar-refractivity contribution is 6.42. The monoisotopic (exact) mass is 479 g/mol. The van der Waals surface area contributed by atoms with Crippen LogP contribution in [0.2, 0.25) is 10.0 Å². The molecule has 1 amide bonds. The Morgan fingerprint density at radius 3 is 2.31 bits per heavy atom. The zero-order valence-corrected chi connectivity index (χ0v) is 18.2. The fourth-order valence-electron chi connectivity index (χ4n) is 3.14. The molecule has 0 radical (unpaired) electrons. The molecule has 10 heteroatoms. The lowest BCUT2D eigenvalue weighted by molar-refractivity contribution is 0.0696. The third-order valence-corrected chi connectivity index (χ3v) is 5.44.